The van der Waals surface area contributed by atoms with Gasteiger partial charge in [0.1, 0.15) is 17.4 Å². The fourth-order valence-electron chi connectivity index (χ4n) is 1.67. The molecule has 0 atom stereocenters. The third-order valence-electron chi connectivity index (χ3n) is 2.55. The molecule has 1 amide bonds. The lowest BCUT2D eigenvalue weighted by atomic mass is 10.1. The lowest BCUT2D eigenvalue weighted by Gasteiger charge is -2.04. The van der Waals surface area contributed by atoms with Gasteiger partial charge in [0.25, 0.3) is 0 Å². The molecule has 1 heterocycles. The number of nitrogens with one attached hydrogen (secondary N) is 1. The number of rotatable bonds is 3. The van der Waals surface area contributed by atoms with Crippen LogP contribution in [0.2, 0.25) is 0 Å². The largest absolute Gasteiger partial charge is 0.508 e. The molecule has 96 valence electrons. The summed E-state index contributed by atoms with van der Waals surface area (Å²) in [6, 6.07) is 8.56. The van der Waals surface area contributed by atoms with Crippen LogP contribution in [0.5, 0.6) is 5.75 Å². The van der Waals surface area contributed by atoms with Crippen LogP contribution in [0.15, 0.2) is 30.5 Å². The lowest BCUT2D eigenvalue weighted by molar-refractivity contribution is -0.115. The van der Waals surface area contributed by atoms with Crippen LogP contribution in [0.4, 0.5) is 5.82 Å². The molecule has 1 aromatic heterocycles. The first kappa shape index (κ1) is 12.6. The Morgan fingerprint density at radius 3 is 2.95 bits per heavy atom. The van der Waals surface area contributed by atoms with Crippen LogP contribution in [0.3, 0.4) is 0 Å². The first-order valence-corrected chi connectivity index (χ1v) is 5.60. The minimum absolute atomic E-state index is 0.0219. The third-order valence-corrected chi connectivity index (χ3v) is 2.55. The minimum atomic E-state index is -0.336. The summed E-state index contributed by atoms with van der Waals surface area (Å²) in [5.41, 5.74) is 0.822. The lowest BCUT2D eigenvalue weighted by Crippen LogP contribution is -2.15. The summed E-state index contributed by atoms with van der Waals surface area (Å²) < 4.78 is 1.45. The molecular formula is C13H12N4O2. The molecule has 2 N–H and O–H groups in total. The first-order valence-electron chi connectivity index (χ1n) is 5.60. The Balaban J connectivity index is 2.10. The minimum Gasteiger partial charge on any atom is -0.508 e. The van der Waals surface area contributed by atoms with Gasteiger partial charge in [-0.05, 0) is 6.07 Å². The molecule has 19 heavy (non-hydrogen) atoms. The molecule has 0 unspecified atom stereocenters. The van der Waals surface area contributed by atoms with E-state index < -0.39 is 0 Å². The van der Waals surface area contributed by atoms with Crippen molar-refractivity contribution < 1.29 is 9.90 Å². The van der Waals surface area contributed by atoms with E-state index in [1.165, 1.54) is 16.9 Å². The smallest absolute Gasteiger partial charge is 0.230 e. The molecule has 2 rings (SSSR count). The van der Waals surface area contributed by atoms with Gasteiger partial charge in [0.2, 0.25) is 5.91 Å². The second kappa shape index (κ2) is 5.23. The zero-order valence-corrected chi connectivity index (χ0v) is 10.3. The Kier molecular flexibility index (Phi) is 3.48. The van der Waals surface area contributed by atoms with E-state index in [0.717, 1.165) is 0 Å². The number of aromatic hydroxyl groups is 1. The molecule has 0 aliphatic heterocycles. The summed E-state index contributed by atoms with van der Waals surface area (Å²) in [5.74, 6) is -0.0405. The number of phenols is 1. The maximum Gasteiger partial charge on any atom is 0.230 e. The number of aromatic nitrogens is 2. The maximum atomic E-state index is 11.8. The summed E-state index contributed by atoms with van der Waals surface area (Å²) >= 11 is 0. The summed E-state index contributed by atoms with van der Waals surface area (Å²) in [4.78, 5) is 11.8. The average molecular weight is 256 g/mol. The summed E-state index contributed by atoms with van der Waals surface area (Å²) in [6.45, 7) is 0. The number of amides is 1. The predicted octanol–water partition coefficient (Wildman–Crippen LogP) is 1.18. The Hall–Kier alpha value is -2.81. The highest BCUT2D eigenvalue weighted by Crippen LogP contribution is 2.17. The van der Waals surface area contributed by atoms with Crippen LogP contribution in [0.25, 0.3) is 0 Å². The molecular weight excluding hydrogens is 244 g/mol. The van der Waals surface area contributed by atoms with E-state index in [-0.39, 0.29) is 23.9 Å². The van der Waals surface area contributed by atoms with E-state index in [1.807, 2.05) is 6.07 Å². The molecule has 0 saturated heterocycles. The van der Waals surface area contributed by atoms with Crippen molar-refractivity contribution in [2.24, 2.45) is 7.05 Å². The highest BCUT2D eigenvalue weighted by Gasteiger charge is 2.12. The van der Waals surface area contributed by atoms with Gasteiger partial charge in [-0.15, -0.1) is 0 Å². The number of nitriles is 1. The second-order valence-corrected chi connectivity index (χ2v) is 4.03. The van der Waals surface area contributed by atoms with Crippen LogP contribution in [0, 0.1) is 11.3 Å². The van der Waals surface area contributed by atoms with Crippen molar-refractivity contribution >= 4 is 11.7 Å². The molecule has 6 nitrogen and oxygen atoms in total. The van der Waals surface area contributed by atoms with Crippen molar-refractivity contribution in [2.45, 2.75) is 6.42 Å². The predicted molar refractivity (Wildman–Crippen MR) is 68.4 cm³/mol. The Bertz CT molecular complexity index is 655. The van der Waals surface area contributed by atoms with Crippen LogP contribution < -0.4 is 5.32 Å². The molecule has 0 radical (unpaired) electrons. The molecule has 0 spiro atoms. The van der Waals surface area contributed by atoms with Gasteiger partial charge >= 0.3 is 0 Å². The fourth-order valence-corrected chi connectivity index (χ4v) is 1.67. The van der Waals surface area contributed by atoms with Gasteiger partial charge in [0.15, 0.2) is 5.82 Å². The van der Waals surface area contributed by atoms with Crippen LogP contribution in [-0.2, 0) is 18.3 Å². The average Bonchev–Trinajstić information content (AvgIpc) is 2.72. The van der Waals surface area contributed by atoms with Crippen LogP contribution >= 0.6 is 0 Å². The topological polar surface area (TPSA) is 90.9 Å². The maximum absolute atomic E-state index is 11.8. The monoisotopic (exact) mass is 256 g/mol. The van der Waals surface area contributed by atoms with Crippen molar-refractivity contribution in [3.63, 3.8) is 0 Å². The molecule has 0 saturated carbocycles. The van der Waals surface area contributed by atoms with E-state index in [2.05, 4.69) is 10.4 Å². The zero-order valence-electron chi connectivity index (χ0n) is 10.3. The number of phenolic OH excluding ortho intramolecular Hbond substituents is 1. The number of hydrogen-bond donors (Lipinski definition) is 2. The number of anilines is 1. The van der Waals surface area contributed by atoms with Crippen molar-refractivity contribution in [3.8, 4) is 11.8 Å². The molecule has 2 aromatic rings. The van der Waals surface area contributed by atoms with Gasteiger partial charge in [-0.2, -0.15) is 10.4 Å². The third kappa shape index (κ3) is 2.90. The SMILES string of the molecule is Cn1cc(C#N)c(NC(=O)Cc2ccccc2O)n1. The van der Waals surface area contributed by atoms with Crippen molar-refractivity contribution in [1.82, 2.24) is 9.78 Å². The summed E-state index contributed by atoms with van der Waals surface area (Å²) in [7, 11) is 1.67. The highest BCUT2D eigenvalue weighted by molar-refractivity contribution is 5.92. The quantitative estimate of drug-likeness (QED) is 0.862. The van der Waals surface area contributed by atoms with Crippen molar-refractivity contribution in [3.05, 3.63) is 41.6 Å². The van der Waals surface area contributed by atoms with Crippen LogP contribution in [0.1, 0.15) is 11.1 Å². The second-order valence-electron chi connectivity index (χ2n) is 4.03. The number of hydrogen-bond acceptors (Lipinski definition) is 4. The van der Waals surface area contributed by atoms with Crippen molar-refractivity contribution in [2.75, 3.05) is 5.32 Å². The molecule has 6 heteroatoms. The van der Waals surface area contributed by atoms with E-state index in [0.29, 0.717) is 11.1 Å². The highest BCUT2D eigenvalue weighted by atomic mass is 16.3. The van der Waals surface area contributed by atoms with Gasteiger partial charge < -0.3 is 10.4 Å². The molecule has 0 fully saturated rings. The van der Waals surface area contributed by atoms with Gasteiger partial charge in [0, 0.05) is 18.8 Å². The Labute approximate surface area is 109 Å². The molecule has 0 aliphatic rings. The number of carbonyl (C=O) groups excluding carboxylic acids is 1. The van der Waals surface area contributed by atoms with E-state index >= 15 is 0 Å². The van der Waals surface area contributed by atoms with E-state index in [9.17, 15) is 9.90 Å². The van der Waals surface area contributed by atoms with Gasteiger partial charge in [-0.3, -0.25) is 9.48 Å². The Morgan fingerprint density at radius 1 is 1.53 bits per heavy atom. The molecule has 1 aromatic carbocycles. The first-order chi connectivity index (χ1) is 9.10. The van der Waals surface area contributed by atoms with Gasteiger partial charge in [0.05, 0.1) is 6.42 Å². The number of carbonyl (C=O) groups is 1. The van der Waals surface area contributed by atoms with Crippen molar-refractivity contribution in [1.29, 1.82) is 5.26 Å². The fraction of sp³-hybridized carbons (Fsp3) is 0.154. The Morgan fingerprint density at radius 2 is 2.26 bits per heavy atom. The number of benzene rings is 1. The summed E-state index contributed by atoms with van der Waals surface area (Å²) in [6.07, 6.45) is 1.55. The molecule has 0 aliphatic carbocycles. The standard InChI is InChI=1S/C13H12N4O2/c1-17-8-10(7-14)13(16-17)15-12(19)6-9-4-2-3-5-11(9)18/h2-5,8,18H,6H2,1H3,(H,15,16,19). The number of nitrogens with zero attached hydrogens (tertiary/aromatic N) is 3. The van der Waals surface area contributed by atoms with Gasteiger partial charge in [-0.1, -0.05) is 18.2 Å². The van der Waals surface area contributed by atoms with E-state index in [4.69, 9.17) is 5.26 Å². The number of para-hydroxylation sites is 1. The summed E-state index contributed by atoms with van der Waals surface area (Å²) in [5, 5.41) is 25.0. The van der Waals surface area contributed by atoms with Crippen LogP contribution in [-0.4, -0.2) is 20.8 Å². The normalized spacial score (nSPS) is 9.89. The van der Waals surface area contributed by atoms with E-state index in [1.54, 1.807) is 25.2 Å². The van der Waals surface area contributed by atoms with Gasteiger partial charge in [-0.25, -0.2) is 0 Å². The molecule has 0 bridgehead atoms. The number of aryl methyl sites for hydroxylation is 1. The zero-order chi connectivity index (χ0) is 13.8.